The molecule has 0 saturated heterocycles. The molecule has 0 unspecified atom stereocenters. The summed E-state index contributed by atoms with van der Waals surface area (Å²) in [5.41, 5.74) is 1.94. The molecule has 9 heteroatoms. The predicted molar refractivity (Wildman–Crippen MR) is 77.4 cm³/mol. The lowest BCUT2D eigenvalue weighted by atomic mass is 10.2. The molecule has 124 valence electrons. The van der Waals surface area contributed by atoms with Crippen LogP contribution in [0.1, 0.15) is 5.56 Å². The van der Waals surface area contributed by atoms with Crippen LogP contribution in [0.25, 0.3) is 0 Å². The monoisotopic (exact) mass is 347 g/mol. The van der Waals surface area contributed by atoms with E-state index in [1.165, 1.54) is 14.0 Å². The molecule has 0 spiro atoms. The summed E-state index contributed by atoms with van der Waals surface area (Å²) in [4.78, 5) is -0.384. The maximum atomic E-state index is 14.0. The summed E-state index contributed by atoms with van der Waals surface area (Å²) < 4.78 is 72.4. The average molecular weight is 347 g/mol. The van der Waals surface area contributed by atoms with Gasteiger partial charge in [0.2, 0.25) is 11.5 Å². The van der Waals surface area contributed by atoms with Gasteiger partial charge in [0, 0.05) is 5.56 Å². The fourth-order valence-electron chi connectivity index (χ4n) is 1.97. The molecule has 23 heavy (non-hydrogen) atoms. The number of ether oxygens (including phenoxy) is 1. The van der Waals surface area contributed by atoms with Crippen LogP contribution in [0.15, 0.2) is 29.2 Å². The number of anilines is 1. The fourth-order valence-corrected chi connectivity index (χ4v) is 3.26. The summed E-state index contributed by atoms with van der Waals surface area (Å²) >= 11 is 0. The van der Waals surface area contributed by atoms with Crippen LogP contribution >= 0.6 is 0 Å². The minimum absolute atomic E-state index is 0.116. The second-order valence-corrected chi connectivity index (χ2v) is 6.35. The highest BCUT2D eigenvalue weighted by Gasteiger charge is 2.24. The van der Waals surface area contributed by atoms with Gasteiger partial charge in [0.25, 0.3) is 10.0 Å². The number of nitrogens with one attached hydrogen (secondary N) is 1. The Hall–Kier alpha value is -2.26. The lowest BCUT2D eigenvalue weighted by Crippen LogP contribution is -2.43. The maximum Gasteiger partial charge on any atom is 0.262 e. The Morgan fingerprint density at radius 3 is 2.35 bits per heavy atom. The van der Waals surface area contributed by atoms with Gasteiger partial charge in [0.05, 0.1) is 17.7 Å². The van der Waals surface area contributed by atoms with Gasteiger partial charge in [-0.2, -0.15) is 4.39 Å². The van der Waals surface area contributed by atoms with Crippen molar-refractivity contribution < 1.29 is 32.1 Å². The third kappa shape index (κ3) is 3.10. The van der Waals surface area contributed by atoms with Gasteiger partial charge < -0.3 is 10.5 Å². The SMILES string of the molecule is COc1ccc(S(=O)(=O)Nc2ccc(F)c([NH3+])c2F)c(C)c1F. The number of methoxy groups -OCH3 is 1. The van der Waals surface area contributed by atoms with Crippen molar-refractivity contribution in [3.05, 3.63) is 47.3 Å². The lowest BCUT2D eigenvalue weighted by Gasteiger charge is -2.13. The van der Waals surface area contributed by atoms with Crippen molar-refractivity contribution in [1.29, 1.82) is 0 Å². The van der Waals surface area contributed by atoms with Crippen LogP contribution in [-0.2, 0) is 10.0 Å². The molecule has 0 aromatic heterocycles. The molecule has 0 atom stereocenters. The van der Waals surface area contributed by atoms with E-state index in [1.807, 2.05) is 4.72 Å². The van der Waals surface area contributed by atoms with Crippen molar-refractivity contribution in [2.45, 2.75) is 11.8 Å². The second kappa shape index (κ2) is 6.09. The normalized spacial score (nSPS) is 11.4. The summed E-state index contributed by atoms with van der Waals surface area (Å²) in [6, 6.07) is 4.08. The Morgan fingerprint density at radius 1 is 1.09 bits per heavy atom. The molecule has 0 saturated carbocycles. The number of hydrogen-bond acceptors (Lipinski definition) is 3. The van der Waals surface area contributed by atoms with Gasteiger partial charge in [-0.25, -0.2) is 17.2 Å². The van der Waals surface area contributed by atoms with E-state index < -0.39 is 38.8 Å². The van der Waals surface area contributed by atoms with Crippen molar-refractivity contribution in [3.63, 3.8) is 0 Å². The summed E-state index contributed by atoms with van der Waals surface area (Å²) in [5, 5.41) is 0. The lowest BCUT2D eigenvalue weighted by molar-refractivity contribution is -0.262. The number of rotatable bonds is 4. The second-order valence-electron chi connectivity index (χ2n) is 4.70. The number of quaternary nitrogens is 1. The van der Waals surface area contributed by atoms with E-state index in [0.29, 0.717) is 0 Å². The zero-order chi connectivity index (χ0) is 17.4. The highest BCUT2D eigenvalue weighted by Crippen LogP contribution is 2.29. The van der Waals surface area contributed by atoms with E-state index in [-0.39, 0.29) is 16.2 Å². The first-order valence-electron chi connectivity index (χ1n) is 6.35. The third-order valence-electron chi connectivity index (χ3n) is 3.24. The van der Waals surface area contributed by atoms with Crippen molar-refractivity contribution in [2.24, 2.45) is 0 Å². The molecule has 2 rings (SSSR count). The molecule has 2 aromatic carbocycles. The molecular formula is C14H14F3N2O3S+. The van der Waals surface area contributed by atoms with Gasteiger partial charge >= 0.3 is 0 Å². The predicted octanol–water partition coefficient (Wildman–Crippen LogP) is 2.10. The minimum Gasteiger partial charge on any atom is -0.494 e. The summed E-state index contributed by atoms with van der Waals surface area (Å²) in [5.74, 6) is -3.00. The molecule has 0 fully saturated rings. The van der Waals surface area contributed by atoms with Gasteiger partial charge in [-0.3, -0.25) is 4.72 Å². The van der Waals surface area contributed by atoms with Crippen molar-refractivity contribution >= 4 is 21.4 Å². The fraction of sp³-hybridized carbons (Fsp3) is 0.143. The summed E-state index contributed by atoms with van der Waals surface area (Å²) in [6.07, 6.45) is 0. The average Bonchev–Trinajstić information content (AvgIpc) is 2.50. The van der Waals surface area contributed by atoms with Crippen LogP contribution in [0.2, 0.25) is 0 Å². The topological polar surface area (TPSA) is 83.0 Å². The van der Waals surface area contributed by atoms with E-state index in [9.17, 15) is 21.6 Å². The van der Waals surface area contributed by atoms with Crippen molar-refractivity contribution in [1.82, 2.24) is 0 Å². The number of hydrogen-bond donors (Lipinski definition) is 2. The van der Waals surface area contributed by atoms with E-state index in [1.54, 1.807) is 0 Å². The van der Waals surface area contributed by atoms with Crippen LogP contribution in [-0.4, -0.2) is 15.5 Å². The molecule has 0 aliphatic rings. The Labute approximate surface area is 130 Å². The van der Waals surface area contributed by atoms with Crippen LogP contribution in [0, 0.1) is 24.4 Å². The van der Waals surface area contributed by atoms with Gasteiger partial charge in [-0.05, 0) is 31.2 Å². The van der Waals surface area contributed by atoms with Gasteiger partial charge in [-0.15, -0.1) is 0 Å². The Kier molecular flexibility index (Phi) is 4.53. The van der Waals surface area contributed by atoms with Crippen LogP contribution in [0.4, 0.5) is 24.5 Å². The van der Waals surface area contributed by atoms with E-state index >= 15 is 0 Å². The van der Waals surface area contributed by atoms with E-state index in [2.05, 4.69) is 5.73 Å². The third-order valence-corrected chi connectivity index (χ3v) is 4.75. The summed E-state index contributed by atoms with van der Waals surface area (Å²) in [6.45, 7) is 1.25. The summed E-state index contributed by atoms with van der Waals surface area (Å²) in [7, 11) is -3.04. The Morgan fingerprint density at radius 2 is 1.74 bits per heavy atom. The number of sulfonamides is 1. The molecule has 0 bridgehead atoms. The first-order chi connectivity index (χ1) is 10.7. The van der Waals surface area contributed by atoms with Gasteiger partial charge in [0.15, 0.2) is 17.4 Å². The molecule has 0 amide bonds. The molecule has 0 aliphatic carbocycles. The zero-order valence-corrected chi connectivity index (χ0v) is 13.1. The first-order valence-corrected chi connectivity index (χ1v) is 7.83. The molecule has 4 N–H and O–H groups in total. The number of benzene rings is 2. The molecule has 2 aromatic rings. The first kappa shape index (κ1) is 17.1. The van der Waals surface area contributed by atoms with Crippen LogP contribution < -0.4 is 15.2 Å². The van der Waals surface area contributed by atoms with Gasteiger partial charge in [0.1, 0.15) is 0 Å². The zero-order valence-electron chi connectivity index (χ0n) is 12.3. The van der Waals surface area contributed by atoms with Crippen molar-refractivity contribution in [2.75, 3.05) is 11.8 Å². The smallest absolute Gasteiger partial charge is 0.262 e. The maximum absolute atomic E-state index is 14.0. The minimum atomic E-state index is -4.28. The molecule has 0 radical (unpaired) electrons. The van der Waals surface area contributed by atoms with E-state index in [0.717, 1.165) is 24.3 Å². The largest absolute Gasteiger partial charge is 0.494 e. The number of halogens is 3. The van der Waals surface area contributed by atoms with Gasteiger partial charge in [-0.1, -0.05) is 0 Å². The van der Waals surface area contributed by atoms with Crippen LogP contribution in [0.5, 0.6) is 5.75 Å². The Balaban J connectivity index is 2.49. The molecule has 0 heterocycles. The highest BCUT2D eigenvalue weighted by molar-refractivity contribution is 7.92. The quantitative estimate of drug-likeness (QED) is 0.888. The van der Waals surface area contributed by atoms with E-state index in [4.69, 9.17) is 4.74 Å². The molecule has 0 aliphatic heterocycles. The standard InChI is InChI=1S/C14H13F3N2O3S/c1-7-11(6-5-10(22-2)12(7)16)23(20,21)19-9-4-3-8(15)14(18)13(9)17/h3-6,19H,18H2,1-2H3/p+1. The molecule has 5 nitrogen and oxygen atoms in total. The molecular weight excluding hydrogens is 333 g/mol. The Bertz CT molecular complexity index is 870. The van der Waals surface area contributed by atoms with Crippen molar-refractivity contribution in [3.8, 4) is 5.75 Å². The van der Waals surface area contributed by atoms with Crippen LogP contribution in [0.3, 0.4) is 0 Å². The highest BCUT2D eigenvalue weighted by atomic mass is 32.2.